The summed E-state index contributed by atoms with van der Waals surface area (Å²) in [5, 5.41) is 8.71. The zero-order chi connectivity index (χ0) is 33.7. The quantitative estimate of drug-likeness (QED) is 0.0861. The Morgan fingerprint density at radius 2 is 1.49 bits per heavy atom. The maximum atomic E-state index is 13.8. The molecule has 45 heavy (non-hydrogen) atoms. The van der Waals surface area contributed by atoms with Crippen LogP contribution in [0.1, 0.15) is 52.8 Å². The van der Waals surface area contributed by atoms with E-state index in [0.29, 0.717) is 37.2 Å². The molecule has 3 aromatic rings. The monoisotopic (exact) mass is 652 g/mol. The summed E-state index contributed by atoms with van der Waals surface area (Å²) in [7, 11) is 3.03. The minimum atomic E-state index is -5.11. The van der Waals surface area contributed by atoms with E-state index in [2.05, 4.69) is 10.2 Å². The van der Waals surface area contributed by atoms with Crippen molar-refractivity contribution in [2.24, 2.45) is 16.7 Å². The van der Waals surface area contributed by atoms with Gasteiger partial charge in [-0.1, -0.05) is 13.0 Å². The molecule has 8 nitrogen and oxygen atoms in total. The minimum Gasteiger partial charge on any atom is -0.368 e. The topological polar surface area (TPSA) is 91.9 Å². The number of alkyl halides is 9. The van der Waals surface area contributed by atoms with E-state index in [1.807, 2.05) is 11.8 Å². The largest absolute Gasteiger partial charge is 0.416 e. The van der Waals surface area contributed by atoms with Crippen molar-refractivity contribution in [3.63, 3.8) is 0 Å². The molecule has 0 aliphatic heterocycles. The van der Waals surface area contributed by atoms with E-state index in [9.17, 15) is 39.5 Å². The van der Waals surface area contributed by atoms with Crippen LogP contribution in [-0.4, -0.2) is 51.3 Å². The summed E-state index contributed by atoms with van der Waals surface area (Å²) in [6.45, 7) is 1.63. The number of aromatic nitrogens is 2. The summed E-state index contributed by atoms with van der Waals surface area (Å²) in [6, 6.07) is 5.45. The Hall–Kier alpha value is -3.99. The van der Waals surface area contributed by atoms with Crippen LogP contribution in [0.4, 0.5) is 39.5 Å². The predicted molar refractivity (Wildman–Crippen MR) is 149 cm³/mol. The maximum absolute atomic E-state index is 13.8. The normalized spacial score (nSPS) is 13.8. The fourth-order valence-corrected chi connectivity index (χ4v) is 4.84. The molecule has 0 spiro atoms. The van der Waals surface area contributed by atoms with Crippen molar-refractivity contribution in [2.45, 2.75) is 57.5 Å². The molecule has 0 bridgehead atoms. The molecule has 0 radical (unpaired) electrons. The van der Waals surface area contributed by atoms with Gasteiger partial charge < -0.3 is 10.6 Å². The molecule has 1 heterocycles. The Balaban J connectivity index is 2.11. The Morgan fingerprint density at radius 1 is 0.889 bits per heavy atom. The molecule has 0 saturated carbocycles. The number of nitrogens with two attached hydrogens (primary N) is 2. The third kappa shape index (κ3) is 9.75. The van der Waals surface area contributed by atoms with Gasteiger partial charge in [-0.3, -0.25) is 9.58 Å². The van der Waals surface area contributed by atoms with Crippen molar-refractivity contribution in [1.29, 1.82) is 0 Å². The second-order valence-corrected chi connectivity index (χ2v) is 10.4. The number of benzene rings is 2. The fraction of sp³-hybridized carbons (Fsp3) is 0.429. The fourth-order valence-electron chi connectivity index (χ4n) is 4.84. The second kappa shape index (κ2) is 14.0. The number of halogens is 9. The van der Waals surface area contributed by atoms with Crippen LogP contribution in [0, 0.1) is 0 Å². The predicted octanol–water partition coefficient (Wildman–Crippen LogP) is 6.06. The second-order valence-electron chi connectivity index (χ2n) is 10.4. The molecule has 0 aliphatic carbocycles. The van der Waals surface area contributed by atoms with E-state index >= 15 is 0 Å². The lowest BCUT2D eigenvalue weighted by Crippen LogP contribution is -2.40. The number of likely N-dealkylation sites (N-methyl/N-ethyl adjacent to an activating group) is 1. The number of guanidine groups is 1. The summed E-state index contributed by atoms with van der Waals surface area (Å²) in [4.78, 5) is 2.97. The average molecular weight is 653 g/mol. The highest BCUT2D eigenvalue weighted by Crippen LogP contribution is 2.38. The molecule has 17 heteroatoms. The van der Waals surface area contributed by atoms with Crippen LogP contribution in [0.5, 0.6) is 0 Å². The maximum Gasteiger partial charge on any atom is 0.416 e. The van der Waals surface area contributed by atoms with Crippen molar-refractivity contribution >= 4 is 5.96 Å². The van der Waals surface area contributed by atoms with Gasteiger partial charge in [-0.15, -0.1) is 5.10 Å². The summed E-state index contributed by atoms with van der Waals surface area (Å²) >= 11 is 0. The van der Waals surface area contributed by atoms with Gasteiger partial charge in [0.1, 0.15) is 0 Å². The highest BCUT2D eigenvalue weighted by atomic mass is 19.4. The highest BCUT2D eigenvalue weighted by molar-refractivity contribution is 5.78. The molecule has 2 aromatic carbocycles. The zero-order valence-corrected chi connectivity index (χ0v) is 24.5. The van der Waals surface area contributed by atoms with Gasteiger partial charge >= 0.3 is 18.5 Å². The van der Waals surface area contributed by atoms with Crippen LogP contribution in [0.25, 0.3) is 0 Å². The van der Waals surface area contributed by atoms with E-state index in [1.165, 1.54) is 13.1 Å². The van der Waals surface area contributed by atoms with Gasteiger partial charge in [0.15, 0.2) is 0 Å². The number of hydrogen-bond donors (Lipinski definition) is 2. The van der Waals surface area contributed by atoms with Crippen LogP contribution in [0.2, 0.25) is 0 Å². The molecule has 0 aliphatic rings. The van der Waals surface area contributed by atoms with Crippen LogP contribution in [0.3, 0.4) is 0 Å². The molecule has 1 aromatic heterocycles. The lowest BCUT2D eigenvalue weighted by Gasteiger charge is -2.32. The summed E-state index contributed by atoms with van der Waals surface area (Å²) < 4.78 is 124. The van der Waals surface area contributed by atoms with E-state index in [-0.39, 0.29) is 11.6 Å². The molecule has 4 N–H and O–H groups in total. The van der Waals surface area contributed by atoms with Crippen LogP contribution in [-0.2, 0) is 38.2 Å². The third-order valence-electron chi connectivity index (χ3n) is 6.96. The molecule has 3 rings (SSSR count). The van der Waals surface area contributed by atoms with Crippen LogP contribution < -0.4 is 11.6 Å². The standard InChI is InChI=1S/C28H33F9N8/c1-4-24(42(2)10-11-45-9-5-8-40-45)23-7-6-20(26(29,30)31)14-19(23)17-44(25(38)41-43(3)39)16-18-12-21(27(32,33)34)15-22(13-18)28(35,36)37/h5-9,12-15,24H,4,10-11,16-17,39H2,1-3H3,(H2,38,41). The van der Waals surface area contributed by atoms with Crippen molar-refractivity contribution in [3.8, 4) is 0 Å². The van der Waals surface area contributed by atoms with Gasteiger partial charge in [0.05, 0.1) is 23.2 Å². The van der Waals surface area contributed by atoms with Crippen molar-refractivity contribution in [2.75, 3.05) is 20.6 Å². The third-order valence-corrected chi connectivity index (χ3v) is 6.96. The Morgan fingerprint density at radius 3 is 1.98 bits per heavy atom. The SMILES string of the molecule is CCC(c1ccc(C(F)(F)F)cc1CN(Cc1cc(C(F)(F)F)cc(C(F)(F)F)c1)/C(N)=N/N(C)N)N(C)CCn1cccn1. The van der Waals surface area contributed by atoms with Crippen LogP contribution in [0.15, 0.2) is 60.0 Å². The number of nitrogens with zero attached hydrogens (tertiary/aromatic N) is 6. The first kappa shape index (κ1) is 35.5. The Labute approximate surface area is 253 Å². The van der Waals surface area contributed by atoms with Crippen molar-refractivity contribution in [3.05, 3.63) is 88.2 Å². The van der Waals surface area contributed by atoms with Crippen molar-refractivity contribution in [1.82, 2.24) is 24.7 Å². The Kier molecular flexibility index (Phi) is 11.0. The van der Waals surface area contributed by atoms with Crippen molar-refractivity contribution < 1.29 is 39.5 Å². The Bertz CT molecular complexity index is 1400. The molecular weight excluding hydrogens is 619 g/mol. The van der Waals surface area contributed by atoms with E-state index in [0.717, 1.165) is 22.2 Å². The molecular formula is C28H33F9N8. The van der Waals surface area contributed by atoms with E-state index in [4.69, 9.17) is 11.6 Å². The summed E-state index contributed by atoms with van der Waals surface area (Å²) in [5.41, 5.74) is 2.06. The van der Waals surface area contributed by atoms with E-state index in [1.54, 1.807) is 30.2 Å². The van der Waals surface area contributed by atoms with E-state index < -0.39 is 65.9 Å². The number of hydrazone groups is 1. The summed E-state index contributed by atoms with van der Waals surface area (Å²) in [6.07, 6.45) is -11.2. The molecule has 0 saturated heterocycles. The lowest BCUT2D eigenvalue weighted by atomic mass is 9.94. The number of hydrazine groups is 1. The highest BCUT2D eigenvalue weighted by Gasteiger charge is 2.37. The molecule has 1 atom stereocenters. The molecule has 248 valence electrons. The van der Waals surface area contributed by atoms with Gasteiger partial charge in [0.2, 0.25) is 5.96 Å². The lowest BCUT2D eigenvalue weighted by molar-refractivity contribution is -0.143. The van der Waals surface area contributed by atoms with Gasteiger partial charge in [0, 0.05) is 45.1 Å². The molecule has 1 unspecified atom stereocenters. The van der Waals surface area contributed by atoms with Gasteiger partial charge in [-0.05, 0) is 66.6 Å². The summed E-state index contributed by atoms with van der Waals surface area (Å²) in [5.74, 6) is 5.10. The zero-order valence-electron chi connectivity index (χ0n) is 24.5. The number of hydrogen-bond acceptors (Lipinski definition) is 5. The van der Waals surface area contributed by atoms with Gasteiger partial charge in [-0.2, -0.15) is 44.6 Å². The first-order chi connectivity index (χ1) is 20.8. The first-order valence-electron chi connectivity index (χ1n) is 13.5. The van der Waals surface area contributed by atoms with Crippen LogP contribution >= 0.6 is 0 Å². The number of rotatable bonds is 11. The van der Waals surface area contributed by atoms with Gasteiger partial charge in [-0.25, -0.2) is 11.0 Å². The average Bonchev–Trinajstić information content (AvgIpc) is 3.44. The minimum absolute atomic E-state index is 0.0191. The first-order valence-corrected chi connectivity index (χ1v) is 13.5. The smallest absolute Gasteiger partial charge is 0.368 e. The van der Waals surface area contributed by atoms with Gasteiger partial charge in [0.25, 0.3) is 0 Å². The molecule has 0 fully saturated rings. The molecule has 0 amide bonds.